The number of piperazine rings is 1. The fourth-order valence-electron chi connectivity index (χ4n) is 3.27. The summed E-state index contributed by atoms with van der Waals surface area (Å²) in [5.74, 6) is 0.282. The van der Waals surface area contributed by atoms with E-state index in [4.69, 9.17) is 0 Å². The number of hydrogen-bond donors (Lipinski definition) is 2. The van der Waals surface area contributed by atoms with Crippen LogP contribution in [0.2, 0.25) is 0 Å². The molecule has 2 aromatic heterocycles. The summed E-state index contributed by atoms with van der Waals surface area (Å²) in [6, 6.07) is 4.55. The van der Waals surface area contributed by atoms with E-state index in [0.717, 1.165) is 19.5 Å². The van der Waals surface area contributed by atoms with Gasteiger partial charge >= 0.3 is 0 Å². The van der Waals surface area contributed by atoms with Gasteiger partial charge in [-0.05, 0) is 24.5 Å². The van der Waals surface area contributed by atoms with Crippen LogP contribution in [0.5, 0.6) is 0 Å². The van der Waals surface area contributed by atoms with Crippen LogP contribution >= 0.6 is 0 Å². The molecule has 104 valence electrons. The van der Waals surface area contributed by atoms with Gasteiger partial charge < -0.3 is 10.6 Å². The zero-order valence-electron chi connectivity index (χ0n) is 11.0. The Labute approximate surface area is 116 Å². The molecule has 0 saturated carbocycles. The van der Waals surface area contributed by atoms with Crippen molar-refractivity contribution in [1.29, 1.82) is 0 Å². The van der Waals surface area contributed by atoms with E-state index in [9.17, 15) is 4.39 Å². The number of fused-ring (bicyclic) bond motifs is 2. The van der Waals surface area contributed by atoms with Gasteiger partial charge in [-0.25, -0.2) is 14.1 Å². The second kappa shape index (κ2) is 4.36. The van der Waals surface area contributed by atoms with Crippen molar-refractivity contribution >= 4 is 0 Å². The second-order valence-corrected chi connectivity index (χ2v) is 5.76. The Hall–Kier alpha value is -1.79. The van der Waals surface area contributed by atoms with Crippen molar-refractivity contribution in [2.24, 2.45) is 0 Å². The summed E-state index contributed by atoms with van der Waals surface area (Å²) in [5.41, 5.74) is 1.39. The van der Waals surface area contributed by atoms with Crippen LogP contribution in [0.15, 0.2) is 30.7 Å². The first-order valence-corrected chi connectivity index (χ1v) is 6.86. The van der Waals surface area contributed by atoms with Crippen LogP contribution in [0, 0.1) is 5.82 Å². The molecule has 3 aliphatic heterocycles. The average molecular weight is 273 g/mol. The molecule has 2 N–H and O–H groups in total. The van der Waals surface area contributed by atoms with E-state index in [-0.39, 0.29) is 11.4 Å². The van der Waals surface area contributed by atoms with Crippen molar-refractivity contribution in [3.63, 3.8) is 0 Å². The van der Waals surface area contributed by atoms with Crippen LogP contribution in [0.1, 0.15) is 12.0 Å². The van der Waals surface area contributed by atoms with Crippen LogP contribution in [0.25, 0.3) is 5.82 Å². The minimum absolute atomic E-state index is 0.198. The Balaban J connectivity index is 1.50. The number of hydrogen-bond acceptors (Lipinski definition) is 4. The average Bonchev–Trinajstić information content (AvgIpc) is 2.86. The van der Waals surface area contributed by atoms with Crippen molar-refractivity contribution in [2.45, 2.75) is 24.4 Å². The van der Waals surface area contributed by atoms with Crippen molar-refractivity contribution in [3.05, 3.63) is 42.1 Å². The molecule has 3 aliphatic rings. The molecule has 0 aromatic carbocycles. The summed E-state index contributed by atoms with van der Waals surface area (Å²) < 4.78 is 14.4. The Morgan fingerprint density at radius 2 is 2.30 bits per heavy atom. The molecule has 2 bridgehead atoms. The fraction of sp³-hybridized carbons (Fsp3) is 0.429. The lowest BCUT2D eigenvalue weighted by atomic mass is 9.74. The van der Waals surface area contributed by atoms with E-state index < -0.39 is 0 Å². The van der Waals surface area contributed by atoms with Crippen LogP contribution in [-0.4, -0.2) is 39.4 Å². The summed E-state index contributed by atoms with van der Waals surface area (Å²) in [5, 5.41) is 11.0. The zero-order valence-corrected chi connectivity index (χ0v) is 11.0. The first-order valence-electron chi connectivity index (χ1n) is 6.86. The van der Waals surface area contributed by atoms with Gasteiger partial charge in [-0.15, -0.1) is 0 Å². The molecule has 0 spiro atoms. The lowest BCUT2D eigenvalue weighted by molar-refractivity contribution is 0.0888. The lowest BCUT2D eigenvalue weighted by Crippen LogP contribution is -2.75. The largest absolute Gasteiger partial charge is 0.313 e. The molecule has 5 rings (SSSR count). The van der Waals surface area contributed by atoms with E-state index in [1.807, 2.05) is 18.3 Å². The highest BCUT2D eigenvalue weighted by molar-refractivity contribution is 5.27. The number of piperidine rings is 1. The van der Waals surface area contributed by atoms with Gasteiger partial charge in [0, 0.05) is 30.9 Å². The van der Waals surface area contributed by atoms with Gasteiger partial charge in [0.2, 0.25) is 0 Å². The Kier molecular flexibility index (Phi) is 2.61. The van der Waals surface area contributed by atoms with E-state index in [2.05, 4.69) is 20.7 Å². The van der Waals surface area contributed by atoms with E-state index in [1.165, 1.54) is 29.1 Å². The highest BCUT2D eigenvalue weighted by Gasteiger charge is 2.46. The van der Waals surface area contributed by atoms with Gasteiger partial charge in [0.05, 0.1) is 12.4 Å². The van der Waals surface area contributed by atoms with Crippen LogP contribution in [-0.2, 0) is 6.42 Å². The number of rotatable bonds is 3. The Morgan fingerprint density at radius 1 is 1.40 bits per heavy atom. The summed E-state index contributed by atoms with van der Waals surface area (Å²) in [7, 11) is 0. The van der Waals surface area contributed by atoms with E-state index in [0.29, 0.717) is 11.9 Å². The maximum atomic E-state index is 12.9. The SMILES string of the molecule is Fc1cnn(-c2ccc(CC34CNCC(C3)N4)cn2)c1. The molecule has 0 aliphatic carbocycles. The number of aromatic nitrogens is 3. The molecule has 0 amide bonds. The van der Waals surface area contributed by atoms with Gasteiger partial charge in [-0.2, -0.15) is 5.10 Å². The lowest BCUT2D eigenvalue weighted by Gasteiger charge is -2.54. The highest BCUT2D eigenvalue weighted by atomic mass is 19.1. The molecule has 6 heteroatoms. The monoisotopic (exact) mass is 273 g/mol. The maximum Gasteiger partial charge on any atom is 0.161 e. The topological polar surface area (TPSA) is 54.8 Å². The van der Waals surface area contributed by atoms with Crippen molar-refractivity contribution in [3.8, 4) is 5.82 Å². The molecule has 2 atom stereocenters. The van der Waals surface area contributed by atoms with Gasteiger partial charge in [-0.3, -0.25) is 0 Å². The fourth-order valence-corrected chi connectivity index (χ4v) is 3.27. The summed E-state index contributed by atoms with van der Waals surface area (Å²) in [4.78, 5) is 4.36. The molecular weight excluding hydrogens is 257 g/mol. The smallest absolute Gasteiger partial charge is 0.161 e. The molecule has 20 heavy (non-hydrogen) atoms. The first kappa shape index (κ1) is 12.0. The van der Waals surface area contributed by atoms with Crippen LogP contribution in [0.3, 0.4) is 0 Å². The third-order valence-electron chi connectivity index (χ3n) is 4.14. The number of nitrogens with zero attached hydrogens (tertiary/aromatic N) is 3. The van der Waals surface area contributed by atoms with Gasteiger partial charge in [0.1, 0.15) is 0 Å². The Morgan fingerprint density at radius 3 is 2.90 bits per heavy atom. The van der Waals surface area contributed by atoms with Gasteiger partial charge in [-0.1, -0.05) is 6.07 Å². The molecule has 3 fully saturated rings. The zero-order chi connectivity index (χ0) is 13.6. The molecule has 5 nitrogen and oxygen atoms in total. The molecule has 2 unspecified atom stereocenters. The number of halogens is 1. The second-order valence-electron chi connectivity index (χ2n) is 5.76. The minimum atomic E-state index is -0.354. The number of nitrogens with one attached hydrogen (secondary N) is 2. The van der Waals surface area contributed by atoms with E-state index in [1.54, 1.807) is 0 Å². The van der Waals surface area contributed by atoms with Gasteiger partial charge in [0.15, 0.2) is 11.6 Å². The predicted octanol–water partition coefficient (Wildman–Crippen LogP) is 0.653. The summed E-state index contributed by atoms with van der Waals surface area (Å²) >= 11 is 0. The highest BCUT2D eigenvalue weighted by Crippen LogP contribution is 2.30. The molecule has 5 heterocycles. The summed E-state index contributed by atoms with van der Waals surface area (Å²) in [6.45, 7) is 2.08. The van der Waals surface area contributed by atoms with Crippen LogP contribution in [0.4, 0.5) is 4.39 Å². The normalized spacial score (nSPS) is 28.1. The van der Waals surface area contributed by atoms with E-state index >= 15 is 0 Å². The minimum Gasteiger partial charge on any atom is -0.313 e. The van der Waals surface area contributed by atoms with Crippen molar-refractivity contribution in [1.82, 2.24) is 25.4 Å². The Bertz CT molecular complexity index is 609. The number of pyridine rings is 1. The van der Waals surface area contributed by atoms with Crippen molar-refractivity contribution < 1.29 is 4.39 Å². The van der Waals surface area contributed by atoms with Crippen LogP contribution < -0.4 is 10.6 Å². The molecule has 3 saturated heterocycles. The first-order chi connectivity index (χ1) is 9.72. The van der Waals surface area contributed by atoms with Gasteiger partial charge in [0.25, 0.3) is 0 Å². The maximum absolute atomic E-state index is 12.9. The summed E-state index contributed by atoms with van der Waals surface area (Å²) in [6.07, 6.45) is 6.56. The third kappa shape index (κ3) is 2.01. The third-order valence-corrected chi connectivity index (χ3v) is 4.14. The molecule has 2 aromatic rings. The standard InChI is InChI=1S/C14H16FN5/c15-11-6-18-20(8-11)13-2-1-10(5-17-13)3-14-4-12(19-14)7-16-9-14/h1-2,5-6,8,12,16,19H,3-4,7,9H2. The predicted molar refractivity (Wildman–Crippen MR) is 72.2 cm³/mol. The molecule has 0 radical (unpaired) electrons. The van der Waals surface area contributed by atoms with Crippen molar-refractivity contribution in [2.75, 3.05) is 13.1 Å². The molecular formula is C14H16FN5. The quantitative estimate of drug-likeness (QED) is 0.862.